The Morgan fingerprint density at radius 2 is 1.41 bits per heavy atom. The van der Waals surface area contributed by atoms with Gasteiger partial charge in [0.05, 0.1) is 22.1 Å². The lowest BCUT2D eigenvalue weighted by atomic mass is 9.61. The monoisotopic (exact) mass is 518 g/mol. The fraction of sp³-hybridized carbons (Fsp3) is 0.143. The number of hydrogen-bond acceptors (Lipinski definition) is 6. The Hall–Kier alpha value is -1.86. The third-order valence-corrected chi connectivity index (χ3v) is 7.42. The number of benzene rings is 2. The summed E-state index contributed by atoms with van der Waals surface area (Å²) in [5.74, 6) is 1.94. The molecule has 2 radical (unpaired) electrons. The molecule has 2 nitrogen and oxygen atoms in total. The first-order valence-electron chi connectivity index (χ1n) is 11.0. The molecule has 0 fully saturated rings. The van der Waals surface area contributed by atoms with E-state index in [2.05, 4.69) is 92.5 Å². The summed E-state index contributed by atoms with van der Waals surface area (Å²) in [5.41, 5.74) is 3.29. The van der Waals surface area contributed by atoms with E-state index in [0.717, 1.165) is 44.8 Å². The highest BCUT2D eigenvalue weighted by Crippen LogP contribution is 2.55. The number of aromatic nitrogens is 2. The summed E-state index contributed by atoms with van der Waals surface area (Å²) in [4.78, 5) is 11.3. The minimum atomic E-state index is -0.699. The average molecular weight is 519 g/mol. The van der Waals surface area contributed by atoms with Crippen molar-refractivity contribution >= 4 is 50.5 Å². The molecule has 0 amide bonds. The first kappa shape index (κ1) is 25.2. The molecule has 2 heterocycles. The summed E-state index contributed by atoms with van der Waals surface area (Å²) in [5, 5.41) is 0.833. The van der Waals surface area contributed by atoms with Gasteiger partial charge in [0.25, 0.3) is 0 Å². The second-order valence-corrected chi connectivity index (χ2v) is 9.89. The molecule has 2 unspecified atom stereocenters. The summed E-state index contributed by atoms with van der Waals surface area (Å²) in [7, 11) is 0. The summed E-state index contributed by atoms with van der Waals surface area (Å²) >= 11 is 18.6. The van der Waals surface area contributed by atoms with E-state index in [9.17, 15) is 0 Å². The smallest absolute Gasteiger partial charge is 0.0920 e. The van der Waals surface area contributed by atoms with E-state index in [1.165, 1.54) is 5.56 Å². The molecule has 0 bridgehead atoms. The molecule has 0 aliphatic rings. The Bertz CT molecular complexity index is 1170. The number of pyridine rings is 2. The summed E-state index contributed by atoms with van der Waals surface area (Å²) in [6.07, 6.45) is 5.23. The molecule has 0 aliphatic carbocycles. The van der Waals surface area contributed by atoms with E-state index in [0.29, 0.717) is 0 Å². The van der Waals surface area contributed by atoms with Gasteiger partial charge in [-0.3, -0.25) is 9.97 Å². The van der Waals surface area contributed by atoms with Gasteiger partial charge in [-0.25, -0.2) is 0 Å². The van der Waals surface area contributed by atoms with Gasteiger partial charge in [0, 0.05) is 33.9 Å². The van der Waals surface area contributed by atoms with Gasteiger partial charge < -0.3 is 0 Å². The van der Waals surface area contributed by atoms with Gasteiger partial charge in [-0.1, -0.05) is 60.7 Å². The maximum absolute atomic E-state index is 5.24. The molecule has 0 aliphatic heterocycles. The highest BCUT2D eigenvalue weighted by Gasteiger charge is 2.50. The number of nitrogens with zero attached hydrogens (tertiary/aromatic N) is 2. The van der Waals surface area contributed by atoms with E-state index in [-0.39, 0.29) is 5.92 Å². The van der Waals surface area contributed by atoms with Crippen LogP contribution in [0.1, 0.15) is 41.3 Å². The quantitative estimate of drug-likeness (QED) is 0.173. The summed E-state index contributed by atoms with van der Waals surface area (Å²) in [6, 6.07) is 29.0. The largest absolute Gasteiger partial charge is 0.259 e. The molecule has 2 aromatic carbocycles. The maximum Gasteiger partial charge on any atom is 0.0920 e. The van der Waals surface area contributed by atoms with Gasteiger partial charge >= 0.3 is 0 Å². The zero-order valence-corrected chi connectivity index (χ0v) is 22.1. The van der Waals surface area contributed by atoms with Crippen molar-refractivity contribution in [1.29, 1.82) is 0 Å². The Balaban J connectivity index is 2.06. The molecule has 0 N–H and O–H groups in total. The van der Waals surface area contributed by atoms with Gasteiger partial charge in [-0.2, -0.15) is 25.3 Å². The highest BCUT2D eigenvalue weighted by atomic mass is 32.1. The first-order chi connectivity index (χ1) is 16.6. The van der Waals surface area contributed by atoms with E-state index >= 15 is 0 Å². The third-order valence-electron chi connectivity index (χ3n) is 6.05. The van der Waals surface area contributed by atoms with Crippen LogP contribution in [0, 0.1) is 11.0 Å². The summed E-state index contributed by atoms with van der Waals surface area (Å²) in [6.45, 7) is 0. The third kappa shape index (κ3) is 5.20. The van der Waals surface area contributed by atoms with E-state index in [1.54, 1.807) is 12.4 Å². The molecule has 0 spiro atoms. The summed E-state index contributed by atoms with van der Waals surface area (Å²) < 4.78 is 0. The molecular weight excluding hydrogens is 493 g/mol. The molecule has 4 aromatic rings. The first-order valence-corrected chi connectivity index (χ1v) is 12.9. The van der Waals surface area contributed by atoms with Crippen molar-refractivity contribution in [2.75, 3.05) is 0 Å². The Labute approximate surface area is 224 Å². The topological polar surface area (TPSA) is 25.8 Å². The van der Waals surface area contributed by atoms with Crippen LogP contribution < -0.4 is 0 Å². The minimum Gasteiger partial charge on any atom is -0.259 e. The fourth-order valence-corrected chi connectivity index (χ4v) is 5.50. The molecular formula is C28H26N2S4. The van der Waals surface area contributed by atoms with E-state index in [4.69, 9.17) is 22.6 Å². The van der Waals surface area contributed by atoms with Crippen molar-refractivity contribution in [3.05, 3.63) is 131 Å². The van der Waals surface area contributed by atoms with Crippen LogP contribution in [0.2, 0.25) is 0 Å². The van der Waals surface area contributed by atoms with Gasteiger partial charge in [0.15, 0.2) is 0 Å². The predicted octanol–water partition coefficient (Wildman–Crippen LogP) is 7.51. The Morgan fingerprint density at radius 1 is 0.794 bits per heavy atom. The standard InChI is InChI=1S/C28H26N2S4/c31-17-7-12-24(20-8-3-1-4-9-20)28(21-10-5-2-6-11-21,26-16-14-23(33)19-30-26)27(34)25-15-13-22(32)18-29-25/h1-6,8-11,13-19,24,31-34H,7,12H2. The molecule has 0 saturated carbocycles. The maximum atomic E-state index is 5.24. The minimum absolute atomic E-state index is 0.0164. The lowest BCUT2D eigenvalue weighted by Crippen LogP contribution is -2.41. The van der Waals surface area contributed by atoms with Crippen LogP contribution in [0.15, 0.2) is 107 Å². The Kier molecular flexibility index (Phi) is 8.70. The van der Waals surface area contributed by atoms with Crippen LogP contribution in [0.25, 0.3) is 0 Å². The molecule has 6 heteroatoms. The second kappa shape index (κ2) is 11.7. The highest BCUT2D eigenvalue weighted by molar-refractivity contribution is 7.83. The molecule has 2 atom stereocenters. The molecule has 2 aromatic heterocycles. The van der Waals surface area contributed by atoms with Crippen LogP contribution in [0.5, 0.6) is 0 Å². The molecule has 0 saturated heterocycles. The SMILES string of the molecule is S[CH]CCC(c1ccccc1)C([C](S)c1ccc(S)cn1)(c1ccccc1)c1ccc(S)cn1. The predicted molar refractivity (Wildman–Crippen MR) is 153 cm³/mol. The second-order valence-electron chi connectivity index (χ2n) is 8.05. The van der Waals surface area contributed by atoms with Crippen LogP contribution in [0.4, 0.5) is 0 Å². The van der Waals surface area contributed by atoms with Gasteiger partial charge in [0.1, 0.15) is 0 Å². The van der Waals surface area contributed by atoms with Gasteiger partial charge in [-0.15, -0.1) is 25.3 Å². The number of thiol groups is 4. The lowest BCUT2D eigenvalue weighted by molar-refractivity contribution is 0.424. The average Bonchev–Trinajstić information content (AvgIpc) is 2.88. The lowest BCUT2D eigenvalue weighted by Gasteiger charge is -2.45. The van der Waals surface area contributed by atoms with Gasteiger partial charge in [0.2, 0.25) is 0 Å². The van der Waals surface area contributed by atoms with Crippen molar-refractivity contribution < 1.29 is 0 Å². The van der Waals surface area contributed by atoms with Crippen molar-refractivity contribution in [1.82, 2.24) is 9.97 Å². The van der Waals surface area contributed by atoms with E-state index in [1.807, 2.05) is 36.1 Å². The van der Waals surface area contributed by atoms with Crippen LogP contribution in [0.3, 0.4) is 0 Å². The number of rotatable bonds is 9. The zero-order valence-electron chi connectivity index (χ0n) is 18.5. The van der Waals surface area contributed by atoms with Crippen LogP contribution in [-0.4, -0.2) is 9.97 Å². The number of hydrogen-bond donors (Lipinski definition) is 4. The Morgan fingerprint density at radius 3 is 1.97 bits per heavy atom. The van der Waals surface area contributed by atoms with Crippen molar-refractivity contribution in [2.45, 2.75) is 34.0 Å². The molecule has 4 rings (SSSR count). The van der Waals surface area contributed by atoms with Crippen molar-refractivity contribution in [3.8, 4) is 0 Å². The van der Waals surface area contributed by atoms with Crippen LogP contribution >= 0.6 is 50.5 Å². The zero-order chi connectivity index (χ0) is 24.0. The van der Waals surface area contributed by atoms with E-state index < -0.39 is 5.41 Å². The van der Waals surface area contributed by atoms with Crippen molar-refractivity contribution in [2.24, 2.45) is 0 Å². The molecule has 34 heavy (non-hydrogen) atoms. The van der Waals surface area contributed by atoms with Gasteiger partial charge in [-0.05, 0) is 48.2 Å². The fourth-order valence-electron chi connectivity index (χ4n) is 4.56. The normalized spacial score (nSPS) is 14.0. The van der Waals surface area contributed by atoms with Crippen LogP contribution in [-0.2, 0) is 5.41 Å². The molecule has 172 valence electrons. The van der Waals surface area contributed by atoms with Crippen molar-refractivity contribution in [3.63, 3.8) is 0 Å².